The molecule has 0 atom stereocenters. The fourth-order valence-electron chi connectivity index (χ4n) is 3.09. The zero-order valence-electron chi connectivity index (χ0n) is 17.0. The average molecular weight is 455 g/mol. The summed E-state index contributed by atoms with van der Waals surface area (Å²) in [4.78, 5) is 23.6. The second kappa shape index (κ2) is 10.7. The van der Waals surface area contributed by atoms with Gasteiger partial charge >= 0.3 is 0 Å². The normalized spacial score (nSPS) is 10.9. The molecule has 1 amide bonds. The molecular weight excluding hydrogens is 432 g/mol. The number of nitrogens with zero attached hydrogens (tertiary/aromatic N) is 4. The topological polar surface area (TPSA) is 60.2 Å². The molecule has 4 rings (SSSR count). The number of anilines is 1. The van der Waals surface area contributed by atoms with Gasteiger partial charge in [-0.1, -0.05) is 41.7 Å². The first-order chi connectivity index (χ1) is 14.7. The number of rotatable bonds is 8. The van der Waals surface area contributed by atoms with Gasteiger partial charge in [-0.25, -0.2) is 9.97 Å². The molecule has 0 bridgehead atoms. The molecule has 0 spiro atoms. The number of aryl methyl sites for hydroxylation is 1. The summed E-state index contributed by atoms with van der Waals surface area (Å²) in [7, 11) is 1.64. The van der Waals surface area contributed by atoms with E-state index in [-0.39, 0.29) is 18.3 Å². The molecule has 0 fully saturated rings. The third-order valence-electron chi connectivity index (χ3n) is 4.66. The van der Waals surface area contributed by atoms with Crippen molar-refractivity contribution < 1.29 is 9.53 Å². The lowest BCUT2D eigenvalue weighted by atomic mass is 10.2. The quantitative estimate of drug-likeness (QED) is 0.349. The van der Waals surface area contributed by atoms with Crippen LogP contribution in [0.5, 0.6) is 5.75 Å². The van der Waals surface area contributed by atoms with E-state index in [1.807, 2.05) is 65.4 Å². The highest BCUT2D eigenvalue weighted by atomic mass is 35.5. The van der Waals surface area contributed by atoms with E-state index in [1.54, 1.807) is 30.6 Å². The first-order valence-electron chi connectivity index (χ1n) is 9.68. The maximum absolute atomic E-state index is 13.1. The summed E-state index contributed by atoms with van der Waals surface area (Å²) in [6.45, 7) is 1.35. The molecule has 0 saturated carbocycles. The van der Waals surface area contributed by atoms with Gasteiger partial charge in [0.05, 0.1) is 23.7 Å². The molecule has 2 aromatic carbocycles. The van der Waals surface area contributed by atoms with Crippen molar-refractivity contribution in [3.8, 4) is 5.75 Å². The fraction of sp³-hybridized carbons (Fsp3) is 0.174. The molecule has 0 saturated heterocycles. The van der Waals surface area contributed by atoms with E-state index in [9.17, 15) is 4.79 Å². The molecule has 0 N–H and O–H groups in total. The zero-order chi connectivity index (χ0) is 20.8. The number of aromatic nitrogens is 3. The van der Waals surface area contributed by atoms with Crippen molar-refractivity contribution in [1.29, 1.82) is 0 Å². The Labute approximate surface area is 191 Å². The van der Waals surface area contributed by atoms with Gasteiger partial charge in [0.1, 0.15) is 5.75 Å². The van der Waals surface area contributed by atoms with Crippen LogP contribution in [0.4, 0.5) is 5.13 Å². The number of carbonyl (C=O) groups is 1. The maximum Gasteiger partial charge on any atom is 0.252 e. The maximum atomic E-state index is 13.1. The third-order valence-corrected chi connectivity index (χ3v) is 5.70. The monoisotopic (exact) mass is 454 g/mol. The van der Waals surface area contributed by atoms with Crippen molar-refractivity contribution in [3.63, 3.8) is 0 Å². The number of amides is 1. The fourth-order valence-corrected chi connectivity index (χ4v) is 4.11. The first kappa shape index (κ1) is 22.5. The van der Waals surface area contributed by atoms with Crippen LogP contribution in [0.15, 0.2) is 73.3 Å². The van der Waals surface area contributed by atoms with Crippen molar-refractivity contribution in [2.45, 2.75) is 13.0 Å². The summed E-state index contributed by atoms with van der Waals surface area (Å²) in [5.74, 6) is 0.690. The Balaban J connectivity index is 0.00000272. The minimum absolute atomic E-state index is 0. The van der Waals surface area contributed by atoms with E-state index in [0.717, 1.165) is 34.5 Å². The average Bonchev–Trinajstić information content (AvgIpc) is 3.44. The molecule has 0 aliphatic carbocycles. The summed E-state index contributed by atoms with van der Waals surface area (Å²) in [6.07, 6.45) is 9.70. The van der Waals surface area contributed by atoms with Crippen LogP contribution in [0, 0.1) is 0 Å². The van der Waals surface area contributed by atoms with Gasteiger partial charge in [-0.05, 0) is 36.3 Å². The molecule has 0 unspecified atom stereocenters. The highest BCUT2D eigenvalue weighted by Gasteiger charge is 2.18. The van der Waals surface area contributed by atoms with E-state index in [0.29, 0.717) is 11.7 Å². The number of halogens is 1. The number of thiazole rings is 1. The zero-order valence-corrected chi connectivity index (χ0v) is 18.7. The number of hydrogen-bond acceptors (Lipinski definition) is 5. The molecule has 0 aliphatic rings. The standard InChI is InChI=1S/C23H22N4O2S.ClH/c1-29-19-9-10-20-21(16-19)30-23(25-20)27(14-5-13-26-15-12-24-17-26)22(28)11-8-18-6-3-2-4-7-18;/h2-4,6-12,15-17H,5,13-14H2,1H3;1H/b11-8+;. The highest BCUT2D eigenvalue weighted by molar-refractivity contribution is 7.22. The van der Waals surface area contributed by atoms with Gasteiger partial charge in [-0.15, -0.1) is 12.4 Å². The smallest absolute Gasteiger partial charge is 0.252 e. The summed E-state index contributed by atoms with van der Waals surface area (Å²) in [5.41, 5.74) is 1.84. The lowest BCUT2D eigenvalue weighted by molar-refractivity contribution is -0.114. The Hall–Kier alpha value is -3.16. The predicted octanol–water partition coefficient (Wildman–Crippen LogP) is 5.06. The summed E-state index contributed by atoms with van der Waals surface area (Å²) < 4.78 is 8.31. The van der Waals surface area contributed by atoms with Crippen molar-refractivity contribution in [1.82, 2.24) is 14.5 Å². The number of hydrogen-bond donors (Lipinski definition) is 0. The Bertz CT molecular complexity index is 1140. The molecule has 6 nitrogen and oxygen atoms in total. The van der Waals surface area contributed by atoms with Crippen molar-refractivity contribution in [2.75, 3.05) is 18.6 Å². The molecule has 4 aromatic rings. The Kier molecular flexibility index (Phi) is 7.81. The molecule has 0 radical (unpaired) electrons. The molecular formula is C23H23ClN4O2S. The summed E-state index contributed by atoms with van der Waals surface area (Å²) in [6, 6.07) is 15.5. The highest BCUT2D eigenvalue weighted by Crippen LogP contribution is 2.31. The van der Waals surface area contributed by atoms with Crippen LogP contribution < -0.4 is 9.64 Å². The van der Waals surface area contributed by atoms with Crippen molar-refractivity contribution >= 4 is 51.1 Å². The van der Waals surface area contributed by atoms with Gasteiger partial charge < -0.3 is 9.30 Å². The number of imidazole rings is 1. The molecule has 31 heavy (non-hydrogen) atoms. The third kappa shape index (κ3) is 5.71. The number of carbonyl (C=O) groups excluding carboxylic acids is 1. The molecule has 0 aliphatic heterocycles. The van der Waals surface area contributed by atoms with E-state index >= 15 is 0 Å². The van der Waals surface area contributed by atoms with Crippen LogP contribution in [-0.2, 0) is 11.3 Å². The second-order valence-corrected chi connectivity index (χ2v) is 7.73. The molecule has 160 valence electrons. The summed E-state index contributed by atoms with van der Waals surface area (Å²) in [5, 5.41) is 0.687. The Morgan fingerprint density at radius 1 is 1.23 bits per heavy atom. The lowest BCUT2D eigenvalue weighted by Gasteiger charge is -2.18. The molecule has 2 heterocycles. The minimum Gasteiger partial charge on any atom is -0.497 e. The largest absolute Gasteiger partial charge is 0.497 e. The number of fused-ring (bicyclic) bond motifs is 1. The molecule has 8 heteroatoms. The number of benzene rings is 2. The van der Waals surface area contributed by atoms with E-state index in [4.69, 9.17) is 9.72 Å². The van der Waals surface area contributed by atoms with Gasteiger partial charge in [0.25, 0.3) is 5.91 Å². The van der Waals surface area contributed by atoms with E-state index in [1.165, 1.54) is 11.3 Å². The van der Waals surface area contributed by atoms with Crippen LogP contribution >= 0.6 is 23.7 Å². The van der Waals surface area contributed by atoms with Crippen molar-refractivity contribution in [3.05, 3.63) is 78.9 Å². The minimum atomic E-state index is -0.0875. The number of methoxy groups -OCH3 is 1. The molecule has 2 aromatic heterocycles. The van der Waals surface area contributed by atoms with Gasteiger partial charge in [0, 0.05) is 31.6 Å². The van der Waals surface area contributed by atoms with Crippen LogP contribution in [0.3, 0.4) is 0 Å². The first-order valence-corrected chi connectivity index (χ1v) is 10.5. The Morgan fingerprint density at radius 2 is 2.06 bits per heavy atom. The van der Waals surface area contributed by atoms with Gasteiger partial charge in [0.15, 0.2) is 5.13 Å². The summed E-state index contributed by atoms with van der Waals surface area (Å²) >= 11 is 1.49. The lowest BCUT2D eigenvalue weighted by Crippen LogP contribution is -2.30. The van der Waals surface area contributed by atoms with Crippen LogP contribution in [0.25, 0.3) is 16.3 Å². The SMILES string of the molecule is COc1ccc2nc(N(CCCn3ccnc3)C(=O)/C=C/c3ccccc3)sc2c1.Cl. The van der Waals surface area contributed by atoms with E-state index in [2.05, 4.69) is 4.98 Å². The van der Waals surface area contributed by atoms with Gasteiger partial charge in [-0.2, -0.15) is 0 Å². The second-order valence-electron chi connectivity index (χ2n) is 6.72. The number of ether oxygens (including phenoxy) is 1. The van der Waals surface area contributed by atoms with Crippen LogP contribution in [0.1, 0.15) is 12.0 Å². The van der Waals surface area contributed by atoms with E-state index < -0.39 is 0 Å². The van der Waals surface area contributed by atoms with Gasteiger partial charge in [-0.3, -0.25) is 9.69 Å². The predicted molar refractivity (Wildman–Crippen MR) is 128 cm³/mol. The Morgan fingerprint density at radius 3 is 2.81 bits per heavy atom. The van der Waals surface area contributed by atoms with Gasteiger partial charge in [0.2, 0.25) is 0 Å². The van der Waals surface area contributed by atoms with Crippen LogP contribution in [0.2, 0.25) is 0 Å². The van der Waals surface area contributed by atoms with Crippen molar-refractivity contribution in [2.24, 2.45) is 0 Å². The van der Waals surface area contributed by atoms with Crippen LogP contribution in [-0.4, -0.2) is 34.1 Å².